The van der Waals surface area contributed by atoms with E-state index in [2.05, 4.69) is 482 Å². The molecule has 11 heteroatoms. The molecule has 5 aromatic heterocycles. The molecule has 3 aliphatic heterocycles. The van der Waals surface area contributed by atoms with Gasteiger partial charge in [0.25, 0.3) is 0 Å². The van der Waals surface area contributed by atoms with E-state index in [1.165, 1.54) is 94.2 Å². The molecule has 0 fully saturated rings. The van der Waals surface area contributed by atoms with Crippen LogP contribution in [0.4, 0.5) is 34.4 Å². The van der Waals surface area contributed by atoms with Crippen molar-refractivity contribution in [1.82, 2.24) is 39.0 Å². The predicted octanol–water partition coefficient (Wildman–Crippen LogP) is 34.8. The van der Waals surface area contributed by atoms with Crippen LogP contribution in [0.5, 0.6) is 11.5 Å². The highest BCUT2D eigenvalue weighted by Gasteiger charge is 2.42. The van der Waals surface area contributed by atoms with Crippen molar-refractivity contribution in [2.45, 2.75) is 19.3 Å². The second-order valence-corrected chi connectivity index (χ2v) is 37.4. The van der Waals surface area contributed by atoms with Crippen LogP contribution in [0.15, 0.2) is 498 Å². The summed E-state index contributed by atoms with van der Waals surface area (Å²) in [5.74, 6) is 4.16. The Hall–Kier alpha value is -19.1. The number of fused-ring (bicyclic) bond motifs is 28. The van der Waals surface area contributed by atoms with Crippen LogP contribution in [0.1, 0.15) is 25.0 Å². The summed E-state index contributed by atoms with van der Waals surface area (Å²) in [6.45, 7) is 4.72. The minimum Gasteiger partial charge on any atom is -0.455 e. The number of rotatable bonds is 10. The molecule has 0 atom stereocenters. The summed E-state index contributed by atoms with van der Waals surface area (Å²) in [4.78, 5) is 36.0. The number of aromatic nitrogens is 8. The van der Waals surface area contributed by atoms with E-state index < -0.39 is 0 Å². The first-order chi connectivity index (χ1) is 71.3. The molecule has 676 valence electrons. The summed E-state index contributed by atoms with van der Waals surface area (Å²) in [6, 6.07) is 174. The number of anilines is 6. The van der Waals surface area contributed by atoms with Crippen LogP contribution in [0.3, 0.4) is 0 Å². The molecule has 29 rings (SSSR count). The van der Waals surface area contributed by atoms with Crippen LogP contribution in [0.25, 0.3) is 212 Å². The fraction of sp³-hybridized carbons (Fsp3) is 0.0226. The van der Waals surface area contributed by atoms with E-state index in [0.29, 0.717) is 23.5 Å². The van der Waals surface area contributed by atoms with Gasteiger partial charge in [-0.1, -0.05) is 414 Å². The van der Waals surface area contributed by atoms with E-state index in [-0.39, 0.29) is 5.41 Å². The van der Waals surface area contributed by atoms with Crippen molar-refractivity contribution in [3.63, 3.8) is 0 Å². The molecular formula is C133H88N10O. The van der Waals surface area contributed by atoms with Crippen LogP contribution in [0.2, 0.25) is 0 Å². The summed E-state index contributed by atoms with van der Waals surface area (Å²) >= 11 is 0. The molecule has 25 aromatic rings. The Bertz CT molecular complexity index is 9270. The predicted molar refractivity (Wildman–Crippen MR) is 592 cm³/mol. The number of hydrogen-bond acceptors (Lipinski definition) is 9. The van der Waals surface area contributed by atoms with Gasteiger partial charge in [0.2, 0.25) is 11.9 Å². The molecule has 11 nitrogen and oxygen atoms in total. The normalized spacial score (nSPS) is 12.5. The average molecular weight is 1840 g/mol. The summed E-state index contributed by atoms with van der Waals surface area (Å²) < 4.78 is 11.6. The number of hydrogen-bond donors (Lipinski definition) is 0. The highest BCUT2D eigenvalue weighted by atomic mass is 16.5. The molecular weight excluding hydrogens is 1750 g/mol. The maximum atomic E-state index is 6.95. The highest BCUT2D eigenvalue weighted by Crippen LogP contribution is 2.62. The Balaban J connectivity index is 0.000000110. The maximum Gasteiger partial charge on any atom is 0.238 e. The number of pyridine rings is 1. The summed E-state index contributed by atoms with van der Waals surface area (Å²) in [5.41, 5.74) is 41.1. The Morgan fingerprint density at radius 1 is 0.236 bits per heavy atom. The third kappa shape index (κ3) is 14.0. The zero-order chi connectivity index (χ0) is 95.5. The number of benzene rings is 20. The van der Waals surface area contributed by atoms with Gasteiger partial charge in [0, 0.05) is 100.0 Å². The van der Waals surface area contributed by atoms with Crippen LogP contribution in [0, 0.1) is 0 Å². The second kappa shape index (κ2) is 34.8. The topological polar surface area (TPSA) is 103 Å². The summed E-state index contributed by atoms with van der Waals surface area (Å²) in [7, 11) is 0. The second-order valence-electron chi connectivity index (χ2n) is 37.4. The lowest BCUT2D eigenvalue weighted by atomic mass is 9.77. The SMILES string of the molecule is CC1(C)c2ccccc2-c2ccc3c(c21)-c1ccccc1-c1ccccc1N3c1nc(-c2ccc(-c3ccccc3)cc2)nc(-c2ccc(-c3ccccc3)cc2)n1.c1ccc(-c2cccc3c2Oc2ccc4c5ccccc5n(-c5ccccc5)c4c2-c2ccccc2-3)cc1.c1ccc(N2c3ccccc3-c3ccccc3-c3c2ccc2c4ccccc4n(-c4nc(-c5ccccn5)c5ccccc5n4)c32)cc1. The monoisotopic (exact) mass is 1840 g/mol. The molecule has 4 aliphatic rings. The van der Waals surface area contributed by atoms with Gasteiger partial charge in [-0.25, -0.2) is 15.0 Å². The Morgan fingerprint density at radius 3 is 1.27 bits per heavy atom. The van der Waals surface area contributed by atoms with E-state index in [9.17, 15) is 0 Å². The highest BCUT2D eigenvalue weighted by molar-refractivity contribution is 6.21. The van der Waals surface area contributed by atoms with Gasteiger partial charge in [-0.2, -0.15) is 9.97 Å². The number of nitrogens with zero attached hydrogens (tertiary/aromatic N) is 10. The fourth-order valence-corrected chi connectivity index (χ4v) is 22.5. The molecule has 0 N–H and O–H groups in total. The Kier molecular flexibility index (Phi) is 20.3. The van der Waals surface area contributed by atoms with Crippen molar-refractivity contribution in [2.75, 3.05) is 9.80 Å². The molecule has 0 saturated heterocycles. The van der Waals surface area contributed by atoms with Gasteiger partial charge in [-0.15, -0.1) is 0 Å². The van der Waals surface area contributed by atoms with Crippen LogP contribution in [-0.2, 0) is 5.41 Å². The van der Waals surface area contributed by atoms with Crippen molar-refractivity contribution < 1.29 is 4.74 Å². The zero-order valence-corrected chi connectivity index (χ0v) is 78.7. The lowest BCUT2D eigenvalue weighted by Gasteiger charge is -2.30. The van der Waals surface area contributed by atoms with Crippen molar-refractivity contribution in [3.05, 3.63) is 509 Å². The quantitative estimate of drug-likeness (QED) is 0.132. The molecule has 0 saturated carbocycles. The lowest BCUT2D eigenvalue weighted by Crippen LogP contribution is -2.19. The van der Waals surface area contributed by atoms with Gasteiger partial charge in [-0.3, -0.25) is 14.5 Å². The van der Waals surface area contributed by atoms with Crippen molar-refractivity contribution >= 4 is 88.9 Å². The van der Waals surface area contributed by atoms with E-state index in [1.54, 1.807) is 0 Å². The fourth-order valence-electron chi connectivity index (χ4n) is 22.5. The van der Waals surface area contributed by atoms with Crippen molar-refractivity contribution in [3.8, 4) is 169 Å². The minimum atomic E-state index is -0.247. The van der Waals surface area contributed by atoms with Crippen molar-refractivity contribution in [1.29, 1.82) is 0 Å². The first kappa shape index (κ1) is 84.2. The van der Waals surface area contributed by atoms with Gasteiger partial charge in [0.1, 0.15) is 17.2 Å². The number of para-hydroxylation sites is 8. The third-order valence-electron chi connectivity index (χ3n) is 28.9. The minimum absolute atomic E-state index is 0.247. The first-order valence-corrected chi connectivity index (χ1v) is 49.0. The van der Waals surface area contributed by atoms with Gasteiger partial charge in [0.05, 0.1) is 56.0 Å². The molecule has 0 unspecified atom stereocenters. The zero-order valence-electron chi connectivity index (χ0n) is 78.7. The first-order valence-electron chi connectivity index (χ1n) is 49.0. The van der Waals surface area contributed by atoms with Gasteiger partial charge < -0.3 is 14.2 Å². The maximum absolute atomic E-state index is 6.95. The Morgan fingerprint density at radius 2 is 0.667 bits per heavy atom. The van der Waals surface area contributed by atoms with Crippen LogP contribution >= 0.6 is 0 Å². The molecule has 0 radical (unpaired) electrons. The molecule has 0 spiro atoms. The van der Waals surface area contributed by atoms with Crippen LogP contribution < -0.4 is 14.5 Å². The van der Waals surface area contributed by atoms with E-state index in [1.807, 2.05) is 48.7 Å². The third-order valence-corrected chi connectivity index (χ3v) is 28.9. The largest absolute Gasteiger partial charge is 0.455 e. The lowest BCUT2D eigenvalue weighted by molar-refractivity contribution is 0.490. The standard InChI is InChI=1S/C54H38N4.C43H27N5.C36H23NO/c1-54(2)46-23-13-11-20-42(46)45-33-34-48-49(50(45)54)44-22-10-9-19-41(44)43-21-12-14-24-47(43)58(48)53-56-51(39-29-25-37(26-30-39)35-15-5-3-6-16-35)55-52(57-53)40-31-27-38(28-32-40)36-17-7-4-8-18-36;1-2-14-28(15-3-1)47-37-23-10-7-17-30(37)29-16-4-5-19-32(29)40-39(47)26-25-33-31-18-8-11-24-38(31)48(42(33)40)43-45-35-21-9-6-20-34(35)41(46-43)36-22-12-13-27-44-36;1-3-12-24(13-4-1)26-19-11-20-31-27-16-7-8-18-29(27)34-33(38-36(26)31)23-22-30-28-17-9-10-21-32(28)37(35(30)34)25-14-5-2-6-15-25/h3-34H,1-2H3;1-27H;1-23H. The van der Waals surface area contributed by atoms with Crippen molar-refractivity contribution in [2.24, 2.45) is 0 Å². The molecule has 0 bridgehead atoms. The summed E-state index contributed by atoms with van der Waals surface area (Å²) in [6.07, 6.45) is 1.82. The molecule has 1 aliphatic carbocycles. The van der Waals surface area contributed by atoms with E-state index >= 15 is 0 Å². The molecule has 0 amide bonds. The van der Waals surface area contributed by atoms with E-state index in [4.69, 9.17) is 34.6 Å². The molecule has 144 heavy (non-hydrogen) atoms. The molecule has 20 aromatic carbocycles. The van der Waals surface area contributed by atoms with Gasteiger partial charge in [0.15, 0.2) is 11.6 Å². The average Bonchev–Trinajstić information content (AvgIpc) is 1.55. The number of ether oxygens (including phenoxy) is 1. The Labute approximate surface area is 833 Å². The van der Waals surface area contributed by atoms with Gasteiger partial charge >= 0.3 is 0 Å². The smallest absolute Gasteiger partial charge is 0.238 e. The van der Waals surface area contributed by atoms with E-state index in [0.717, 1.165) is 151 Å². The van der Waals surface area contributed by atoms with Crippen LogP contribution in [-0.4, -0.2) is 39.0 Å². The van der Waals surface area contributed by atoms with Gasteiger partial charge in [-0.05, 0) is 174 Å². The molecule has 8 heterocycles. The summed E-state index contributed by atoms with van der Waals surface area (Å²) in [5, 5.41) is 5.72.